The number of imidazole rings is 1. The predicted molar refractivity (Wildman–Crippen MR) is 95.8 cm³/mol. The van der Waals surface area contributed by atoms with Crippen LogP contribution in [0.1, 0.15) is 38.5 Å². The summed E-state index contributed by atoms with van der Waals surface area (Å²) in [6, 6.07) is 7.93. The molecular formula is C20H26N4O. The van der Waals surface area contributed by atoms with Crippen molar-refractivity contribution in [3.05, 3.63) is 29.9 Å². The number of hydrogen-bond donors (Lipinski definition) is 2. The molecule has 0 unspecified atom stereocenters. The smallest absolute Gasteiger partial charge is 0.240 e. The fraction of sp³-hybridized carbons (Fsp3) is 0.600. The van der Waals surface area contributed by atoms with Crippen molar-refractivity contribution in [2.75, 3.05) is 0 Å². The van der Waals surface area contributed by atoms with E-state index < -0.39 is 0 Å². The third-order valence-electron chi connectivity index (χ3n) is 6.85. The second kappa shape index (κ2) is 5.23. The summed E-state index contributed by atoms with van der Waals surface area (Å²) in [5, 5.41) is 11.8. The minimum absolute atomic E-state index is 0.0408. The molecule has 4 aliphatic carbocycles. The maximum atomic E-state index is 12.9. The van der Waals surface area contributed by atoms with Gasteiger partial charge in [0.05, 0.1) is 11.0 Å². The van der Waals surface area contributed by atoms with Crippen LogP contribution in [0.25, 0.3) is 11.0 Å². The lowest BCUT2D eigenvalue weighted by atomic mass is 9.53. The number of amides is 1. The summed E-state index contributed by atoms with van der Waals surface area (Å²) in [5.74, 6) is 2.53. The molecule has 4 aliphatic rings. The van der Waals surface area contributed by atoms with Crippen LogP contribution in [-0.4, -0.2) is 20.6 Å². The van der Waals surface area contributed by atoms with Gasteiger partial charge in [0.1, 0.15) is 6.54 Å². The molecule has 4 bridgehead atoms. The number of hydrogen-bond acceptors (Lipinski definition) is 2. The molecule has 1 heterocycles. The Labute approximate surface area is 147 Å². The molecular weight excluding hydrogens is 312 g/mol. The van der Waals surface area contributed by atoms with Crippen molar-refractivity contribution in [3.8, 4) is 0 Å². The highest BCUT2D eigenvalue weighted by atomic mass is 16.2. The van der Waals surface area contributed by atoms with Crippen LogP contribution in [0.5, 0.6) is 0 Å². The van der Waals surface area contributed by atoms with E-state index in [1.54, 1.807) is 0 Å². The standard InChI is InChI=1S/C20H26N4O/c1-23-16-4-2-3-5-17(16)24(19(23)21)12-18(25)22-20-9-13-6-14(10-20)8-15(7-13)11-20/h2-5,13-15,21H,6-12H2,1H3,(H,22,25). The molecule has 1 aromatic carbocycles. The van der Waals surface area contributed by atoms with E-state index in [0.717, 1.165) is 28.8 Å². The molecule has 0 saturated heterocycles. The highest BCUT2D eigenvalue weighted by molar-refractivity contribution is 5.81. The lowest BCUT2D eigenvalue weighted by Crippen LogP contribution is -2.60. The lowest BCUT2D eigenvalue weighted by Gasteiger charge is -2.56. The van der Waals surface area contributed by atoms with Gasteiger partial charge in [0, 0.05) is 12.6 Å². The zero-order valence-electron chi connectivity index (χ0n) is 14.8. The van der Waals surface area contributed by atoms with Crippen LogP contribution in [0.2, 0.25) is 0 Å². The molecule has 2 N–H and O–H groups in total. The number of rotatable bonds is 3. The summed E-state index contributed by atoms with van der Waals surface area (Å²) in [4.78, 5) is 12.9. The Balaban J connectivity index is 1.40. The first-order valence-electron chi connectivity index (χ1n) is 9.53. The third kappa shape index (κ3) is 2.35. The molecule has 25 heavy (non-hydrogen) atoms. The number of aromatic nitrogens is 2. The highest BCUT2D eigenvalue weighted by Crippen LogP contribution is 2.55. The molecule has 5 heteroatoms. The first-order chi connectivity index (χ1) is 12.0. The summed E-state index contributed by atoms with van der Waals surface area (Å²) < 4.78 is 3.67. The van der Waals surface area contributed by atoms with Crippen LogP contribution < -0.4 is 10.9 Å². The Kier molecular flexibility index (Phi) is 3.19. The van der Waals surface area contributed by atoms with Gasteiger partial charge >= 0.3 is 0 Å². The van der Waals surface area contributed by atoms with Crippen molar-refractivity contribution >= 4 is 16.9 Å². The second-order valence-electron chi connectivity index (χ2n) is 8.70. The zero-order chi connectivity index (χ0) is 17.2. The summed E-state index contributed by atoms with van der Waals surface area (Å²) in [6.07, 6.45) is 7.63. The molecule has 0 radical (unpaired) electrons. The van der Waals surface area contributed by atoms with E-state index in [1.807, 2.05) is 40.4 Å². The fourth-order valence-electron chi connectivity index (χ4n) is 6.29. The van der Waals surface area contributed by atoms with E-state index in [2.05, 4.69) is 5.32 Å². The SMILES string of the molecule is Cn1c(=N)n(CC(=O)NC23CC4CC(CC(C4)C2)C3)c2ccccc21. The van der Waals surface area contributed by atoms with E-state index >= 15 is 0 Å². The van der Waals surface area contributed by atoms with Crippen LogP contribution >= 0.6 is 0 Å². The number of carbonyl (C=O) groups is 1. The van der Waals surface area contributed by atoms with Gasteiger partial charge in [0.25, 0.3) is 0 Å². The normalized spacial score (nSPS) is 33.1. The van der Waals surface area contributed by atoms with Gasteiger partial charge in [0.2, 0.25) is 11.5 Å². The van der Waals surface area contributed by atoms with Crippen LogP contribution in [0, 0.1) is 23.2 Å². The zero-order valence-corrected chi connectivity index (χ0v) is 14.8. The Morgan fingerprint density at radius 2 is 1.68 bits per heavy atom. The van der Waals surface area contributed by atoms with Gasteiger partial charge in [-0.2, -0.15) is 0 Å². The Bertz CT molecular complexity index is 871. The second-order valence-corrected chi connectivity index (χ2v) is 8.70. The summed E-state index contributed by atoms with van der Waals surface area (Å²) >= 11 is 0. The van der Waals surface area contributed by atoms with Crippen molar-refractivity contribution in [1.29, 1.82) is 5.41 Å². The van der Waals surface area contributed by atoms with Crippen molar-refractivity contribution in [3.63, 3.8) is 0 Å². The Morgan fingerprint density at radius 1 is 1.12 bits per heavy atom. The van der Waals surface area contributed by atoms with Gasteiger partial charge in [-0.25, -0.2) is 0 Å². The quantitative estimate of drug-likeness (QED) is 0.887. The molecule has 5 nitrogen and oxygen atoms in total. The minimum atomic E-state index is 0.0408. The van der Waals surface area contributed by atoms with Gasteiger partial charge in [0.15, 0.2) is 0 Å². The molecule has 1 amide bonds. The van der Waals surface area contributed by atoms with Crippen molar-refractivity contribution in [1.82, 2.24) is 14.5 Å². The topological polar surface area (TPSA) is 62.8 Å². The largest absolute Gasteiger partial charge is 0.349 e. The van der Waals surface area contributed by atoms with E-state index in [9.17, 15) is 4.79 Å². The Hall–Kier alpha value is -2.04. The molecule has 1 aromatic heterocycles. The predicted octanol–water partition coefficient (Wildman–Crippen LogP) is 2.54. The number of nitrogens with one attached hydrogen (secondary N) is 2. The van der Waals surface area contributed by atoms with Gasteiger partial charge in [-0.15, -0.1) is 0 Å². The summed E-state index contributed by atoms with van der Waals surface area (Å²) in [7, 11) is 1.89. The van der Waals surface area contributed by atoms with Crippen LogP contribution in [0.4, 0.5) is 0 Å². The van der Waals surface area contributed by atoms with Crippen molar-refractivity contribution in [2.24, 2.45) is 24.8 Å². The van der Waals surface area contributed by atoms with Gasteiger partial charge in [-0.3, -0.25) is 10.2 Å². The summed E-state index contributed by atoms with van der Waals surface area (Å²) in [6.45, 7) is 0.238. The number of nitrogens with zero attached hydrogens (tertiary/aromatic N) is 2. The average Bonchev–Trinajstić information content (AvgIpc) is 2.78. The van der Waals surface area contributed by atoms with Crippen LogP contribution in [0.3, 0.4) is 0 Å². The molecule has 0 spiro atoms. The highest BCUT2D eigenvalue weighted by Gasteiger charge is 2.51. The minimum Gasteiger partial charge on any atom is -0.349 e. The van der Waals surface area contributed by atoms with Crippen LogP contribution in [0.15, 0.2) is 24.3 Å². The van der Waals surface area contributed by atoms with E-state index in [0.29, 0.717) is 5.62 Å². The monoisotopic (exact) mass is 338 g/mol. The Morgan fingerprint density at radius 3 is 2.28 bits per heavy atom. The first kappa shape index (κ1) is 15.2. The van der Waals surface area contributed by atoms with E-state index in [4.69, 9.17) is 5.41 Å². The molecule has 0 atom stereocenters. The van der Waals surface area contributed by atoms with Crippen molar-refractivity contribution in [2.45, 2.75) is 50.6 Å². The van der Waals surface area contributed by atoms with E-state index in [-0.39, 0.29) is 18.0 Å². The maximum absolute atomic E-state index is 12.9. The maximum Gasteiger partial charge on any atom is 0.240 e. The number of para-hydroxylation sites is 2. The molecule has 132 valence electrons. The third-order valence-corrected chi connectivity index (χ3v) is 6.85. The lowest BCUT2D eigenvalue weighted by molar-refractivity contribution is -0.127. The van der Waals surface area contributed by atoms with Crippen molar-refractivity contribution < 1.29 is 4.79 Å². The van der Waals surface area contributed by atoms with E-state index in [1.165, 1.54) is 38.5 Å². The molecule has 2 aromatic rings. The molecule has 6 rings (SSSR count). The molecule has 0 aliphatic heterocycles. The first-order valence-corrected chi connectivity index (χ1v) is 9.53. The molecule has 4 saturated carbocycles. The van der Waals surface area contributed by atoms with Crippen LogP contribution in [-0.2, 0) is 18.4 Å². The number of fused-ring (bicyclic) bond motifs is 1. The van der Waals surface area contributed by atoms with Gasteiger partial charge in [-0.05, 0) is 68.4 Å². The fourth-order valence-corrected chi connectivity index (χ4v) is 6.29. The number of aryl methyl sites for hydroxylation is 1. The number of carbonyl (C=O) groups excluding carboxylic acids is 1. The summed E-state index contributed by atoms with van der Waals surface area (Å²) in [5.41, 5.74) is 2.37. The molecule has 4 fully saturated rings. The van der Waals surface area contributed by atoms with Gasteiger partial charge in [-0.1, -0.05) is 12.1 Å². The number of benzene rings is 1. The average molecular weight is 338 g/mol. The van der Waals surface area contributed by atoms with Gasteiger partial charge < -0.3 is 14.5 Å².